The number of esters is 1. The van der Waals surface area contributed by atoms with Gasteiger partial charge in [0.2, 0.25) is 23.6 Å². The van der Waals surface area contributed by atoms with Crippen LogP contribution in [0, 0.1) is 11.3 Å². The second-order valence-electron chi connectivity index (χ2n) is 15.4. The van der Waals surface area contributed by atoms with Crippen LogP contribution in [0.4, 0.5) is 5.69 Å². The molecule has 2 aliphatic heterocycles. The van der Waals surface area contributed by atoms with Gasteiger partial charge in [-0.25, -0.2) is 4.79 Å². The molecule has 3 rings (SSSR count). The lowest BCUT2D eigenvalue weighted by Crippen LogP contribution is -2.59. The van der Waals surface area contributed by atoms with Gasteiger partial charge in [-0.1, -0.05) is 26.3 Å². The van der Waals surface area contributed by atoms with E-state index in [0.717, 1.165) is 0 Å². The maximum Gasteiger partial charge on any atom is 0.335 e. The second-order valence-corrected chi connectivity index (χ2v) is 15.4. The Morgan fingerprint density at radius 1 is 0.909 bits per heavy atom. The number of carboxylic acid groups (broad SMARTS) is 1. The number of carboxylic acids is 1. The van der Waals surface area contributed by atoms with Crippen molar-refractivity contribution in [2.75, 3.05) is 11.9 Å². The minimum Gasteiger partial charge on any atom is -0.479 e. The number of ether oxygens (including phenoxy) is 2. The van der Waals surface area contributed by atoms with E-state index in [1.807, 2.05) is 0 Å². The highest BCUT2D eigenvalue weighted by Gasteiger charge is 2.46. The Balaban J connectivity index is 1.62. The van der Waals surface area contributed by atoms with Crippen LogP contribution in [0.1, 0.15) is 84.8 Å². The number of anilines is 1. The number of aryl methyl sites for hydroxylation is 1. The Morgan fingerprint density at radius 3 is 2.20 bits per heavy atom. The maximum atomic E-state index is 13.3. The summed E-state index contributed by atoms with van der Waals surface area (Å²) in [6, 6.07) is 2.83. The third-order valence-electron chi connectivity index (χ3n) is 9.43. The molecule has 1 saturated heterocycles. The molecule has 1 fully saturated rings. The fourth-order valence-corrected chi connectivity index (χ4v) is 6.01. The first-order valence-corrected chi connectivity index (χ1v) is 18.5. The minimum atomic E-state index is -1.84. The van der Waals surface area contributed by atoms with Gasteiger partial charge in [0, 0.05) is 24.7 Å². The zero-order chi connectivity index (χ0) is 41.2. The summed E-state index contributed by atoms with van der Waals surface area (Å²) in [5, 5.41) is 58.2. The van der Waals surface area contributed by atoms with Gasteiger partial charge in [0.1, 0.15) is 43.2 Å². The summed E-state index contributed by atoms with van der Waals surface area (Å²) < 4.78 is 10.9. The molecule has 55 heavy (non-hydrogen) atoms. The van der Waals surface area contributed by atoms with E-state index in [0.29, 0.717) is 42.6 Å². The summed E-state index contributed by atoms with van der Waals surface area (Å²) in [6.07, 6.45) is -4.38. The van der Waals surface area contributed by atoms with Crippen LogP contribution in [-0.2, 0) is 51.3 Å². The van der Waals surface area contributed by atoms with Crippen molar-refractivity contribution in [3.63, 3.8) is 0 Å². The molecular weight excluding hydrogens is 720 g/mol. The molecule has 0 spiro atoms. The van der Waals surface area contributed by atoms with E-state index in [1.165, 1.54) is 24.0 Å². The van der Waals surface area contributed by atoms with Crippen LogP contribution in [0.25, 0.3) is 0 Å². The highest BCUT2D eigenvalue weighted by molar-refractivity contribution is 5.98. The lowest BCUT2D eigenvalue weighted by atomic mass is 9.91. The summed E-state index contributed by atoms with van der Waals surface area (Å²) in [4.78, 5) is 76.3. The number of aliphatic hydroxyl groups excluding tert-OH is 4. The number of hydrogen-bond donors (Lipinski definition) is 8. The van der Waals surface area contributed by atoms with E-state index >= 15 is 0 Å². The van der Waals surface area contributed by atoms with E-state index in [2.05, 4.69) is 16.0 Å². The minimum absolute atomic E-state index is 0.0113. The molecule has 2 heterocycles. The van der Waals surface area contributed by atoms with Gasteiger partial charge >= 0.3 is 11.9 Å². The lowest BCUT2D eigenvalue weighted by molar-refractivity contribution is -0.228. The first kappa shape index (κ1) is 45.0. The number of aliphatic hydroxyl groups is 4. The quantitative estimate of drug-likeness (QED) is 0.0748. The highest BCUT2D eigenvalue weighted by Crippen LogP contribution is 2.27. The number of unbranched alkanes of at least 4 members (excludes halogenated alkanes) is 2. The van der Waals surface area contributed by atoms with E-state index in [4.69, 9.17) is 9.47 Å². The van der Waals surface area contributed by atoms with Crippen LogP contribution in [-0.4, -0.2) is 121 Å². The molecule has 8 atom stereocenters. The van der Waals surface area contributed by atoms with Gasteiger partial charge in [-0.15, -0.1) is 0 Å². The van der Waals surface area contributed by atoms with Crippen LogP contribution in [0.5, 0.6) is 0 Å². The van der Waals surface area contributed by atoms with Crippen LogP contribution in [0.3, 0.4) is 0 Å². The molecule has 2 aliphatic rings. The van der Waals surface area contributed by atoms with Gasteiger partial charge in [0.25, 0.3) is 0 Å². The summed E-state index contributed by atoms with van der Waals surface area (Å²) in [5.74, 6) is -4.02. The number of carbonyl (C=O) groups is 6. The van der Waals surface area contributed by atoms with Crippen LogP contribution < -0.4 is 16.0 Å². The summed E-state index contributed by atoms with van der Waals surface area (Å²) in [7, 11) is 0. The zero-order valence-electron chi connectivity index (χ0n) is 32.2. The predicted molar refractivity (Wildman–Crippen MR) is 197 cm³/mol. The first-order chi connectivity index (χ1) is 25.7. The highest BCUT2D eigenvalue weighted by atomic mass is 16.6. The molecule has 0 radical (unpaired) electrons. The SMILES string of the molecule is CC(C)[C@H](NC(=O)CCCCCN1C(=O)C=CC1O)C(=O)N[C@@H](C)C(=O)Nc1ccc(COC(=O)C(C)(C)C)c(CC[C@@H]2O[C@H](C(=O)O)[C@@H](O)[C@H](O)[C@H]2O)c1. The van der Waals surface area contributed by atoms with Crippen molar-refractivity contribution in [1.29, 1.82) is 0 Å². The molecule has 306 valence electrons. The number of benzene rings is 1. The first-order valence-electron chi connectivity index (χ1n) is 18.5. The lowest BCUT2D eigenvalue weighted by Gasteiger charge is -2.39. The molecule has 1 aromatic rings. The van der Waals surface area contributed by atoms with E-state index in [-0.39, 0.29) is 43.6 Å². The predicted octanol–water partition coefficient (Wildman–Crippen LogP) is 0.504. The van der Waals surface area contributed by atoms with Gasteiger partial charge in [-0.3, -0.25) is 24.0 Å². The Morgan fingerprint density at radius 2 is 1.60 bits per heavy atom. The fraction of sp³-hybridized carbons (Fsp3) is 0.632. The second kappa shape index (κ2) is 20.0. The van der Waals surface area contributed by atoms with Crippen molar-refractivity contribution in [2.24, 2.45) is 11.3 Å². The van der Waals surface area contributed by atoms with Gasteiger partial charge in [0.05, 0.1) is 11.5 Å². The summed E-state index contributed by atoms with van der Waals surface area (Å²) in [5.41, 5.74) is 0.618. The average Bonchev–Trinajstić information content (AvgIpc) is 3.43. The Bertz CT molecular complexity index is 1580. The molecule has 8 N–H and O–H groups in total. The molecule has 0 saturated carbocycles. The summed E-state index contributed by atoms with van der Waals surface area (Å²) >= 11 is 0. The number of rotatable bonds is 18. The monoisotopic (exact) mass is 776 g/mol. The maximum absolute atomic E-state index is 13.3. The van der Waals surface area contributed by atoms with Gasteiger partial charge in [-0.2, -0.15) is 0 Å². The molecule has 17 heteroatoms. The van der Waals surface area contributed by atoms with Crippen LogP contribution >= 0.6 is 0 Å². The number of hydrogen-bond acceptors (Lipinski definition) is 12. The number of aliphatic carboxylic acids is 1. The summed E-state index contributed by atoms with van der Waals surface area (Å²) in [6.45, 7) is 10.3. The molecule has 0 aromatic heterocycles. The molecular formula is C38H56N4O13. The third kappa shape index (κ3) is 12.8. The number of nitrogens with zero attached hydrogens (tertiary/aromatic N) is 1. The van der Waals surface area contributed by atoms with Crippen molar-refractivity contribution in [3.05, 3.63) is 41.5 Å². The normalized spacial score (nSPS) is 23.6. The van der Waals surface area contributed by atoms with E-state index in [9.17, 15) is 54.3 Å². The molecule has 17 nitrogen and oxygen atoms in total. The standard InChI is InChI=1S/C38H56N4O13/c1-20(2)29(41-26(43)10-8-7-9-17-42-27(44)15-16-28(42)45)35(50)39-21(3)34(49)40-24-13-11-23(19-54-37(53)38(4,5)6)22(18-24)12-14-25-30(46)31(47)32(48)33(55-25)36(51)52/h11,13,15-16,18,20-21,25,27,29-33,44,46-48H,7-10,12,14,17,19H2,1-6H3,(H,39,50)(H,40,49)(H,41,43)(H,51,52)/t21-,25-,27?,29-,30-,31+,32-,33-/m0/s1. The van der Waals surface area contributed by atoms with Gasteiger partial charge in [0.15, 0.2) is 6.10 Å². The average molecular weight is 777 g/mol. The third-order valence-corrected chi connectivity index (χ3v) is 9.43. The van der Waals surface area contributed by atoms with Crippen LogP contribution in [0.15, 0.2) is 30.4 Å². The Hall–Kier alpha value is -4.42. The van der Waals surface area contributed by atoms with Crippen molar-refractivity contribution in [3.8, 4) is 0 Å². The smallest absolute Gasteiger partial charge is 0.335 e. The molecule has 1 unspecified atom stereocenters. The topological polar surface area (TPSA) is 261 Å². The molecule has 1 aromatic carbocycles. The van der Waals surface area contributed by atoms with E-state index < -0.39 is 78.0 Å². The Labute approximate surface area is 320 Å². The van der Waals surface area contributed by atoms with Gasteiger partial charge < -0.3 is 55.9 Å². The van der Waals surface area contributed by atoms with Gasteiger partial charge in [-0.05, 0) is 88.6 Å². The number of carbonyl (C=O) groups excluding carboxylic acids is 5. The van der Waals surface area contributed by atoms with Crippen LogP contribution in [0.2, 0.25) is 0 Å². The number of nitrogens with one attached hydrogen (secondary N) is 3. The van der Waals surface area contributed by atoms with Crippen molar-refractivity contribution in [1.82, 2.24) is 15.5 Å². The zero-order valence-corrected chi connectivity index (χ0v) is 32.2. The molecule has 0 aliphatic carbocycles. The van der Waals surface area contributed by atoms with Crippen molar-refractivity contribution < 1.29 is 63.8 Å². The number of amides is 4. The largest absolute Gasteiger partial charge is 0.479 e. The Kier molecular flexibility index (Phi) is 16.3. The van der Waals surface area contributed by atoms with E-state index in [1.54, 1.807) is 52.8 Å². The van der Waals surface area contributed by atoms with Crippen molar-refractivity contribution in [2.45, 2.75) is 136 Å². The molecule has 0 bridgehead atoms. The molecule has 4 amide bonds. The fourth-order valence-electron chi connectivity index (χ4n) is 6.01. The van der Waals surface area contributed by atoms with Crippen molar-refractivity contribution >= 4 is 41.3 Å².